The van der Waals surface area contributed by atoms with Crippen molar-refractivity contribution < 1.29 is 9.59 Å². The lowest BCUT2D eigenvalue weighted by Crippen LogP contribution is -2.28. The third-order valence-electron chi connectivity index (χ3n) is 1.50. The van der Waals surface area contributed by atoms with E-state index in [-0.39, 0.29) is 0 Å². The van der Waals surface area contributed by atoms with Gasteiger partial charge in [0.05, 0.1) is 0 Å². The van der Waals surface area contributed by atoms with Crippen molar-refractivity contribution in [1.29, 1.82) is 0 Å². The molecule has 0 aliphatic carbocycles. The molecule has 0 bridgehead atoms. The molecule has 0 unspecified atom stereocenters. The van der Waals surface area contributed by atoms with E-state index < -0.39 is 11.7 Å². The lowest BCUT2D eigenvalue weighted by atomic mass is 10.3. The van der Waals surface area contributed by atoms with Crippen molar-refractivity contribution in [2.75, 3.05) is 0 Å². The largest absolute Gasteiger partial charge is 0.345 e. The lowest BCUT2D eigenvalue weighted by molar-refractivity contribution is -0.136. The van der Waals surface area contributed by atoms with Gasteiger partial charge in [0.2, 0.25) is 5.78 Å². The molecule has 1 rings (SSSR count). The van der Waals surface area contributed by atoms with Gasteiger partial charge in [0.1, 0.15) is 0 Å². The summed E-state index contributed by atoms with van der Waals surface area (Å²) in [6.45, 7) is 1.57. The zero-order chi connectivity index (χ0) is 9.68. The van der Waals surface area contributed by atoms with Crippen molar-refractivity contribution >= 4 is 11.7 Å². The smallest absolute Gasteiger partial charge is 0.287 e. The first-order chi connectivity index (χ1) is 6.20. The number of aromatic nitrogens is 1. The minimum Gasteiger partial charge on any atom is -0.345 e. The normalized spacial score (nSPS) is 9.31. The van der Waals surface area contributed by atoms with Crippen LogP contribution in [-0.4, -0.2) is 16.7 Å². The molecular weight excluding hydrogens is 168 g/mol. The van der Waals surface area contributed by atoms with Crippen LogP contribution in [0.5, 0.6) is 0 Å². The number of nitrogens with one attached hydrogen (secondary N) is 1. The van der Waals surface area contributed by atoms with Gasteiger partial charge in [0.25, 0.3) is 5.91 Å². The fraction of sp³-hybridized carbons (Fsp3) is 0.222. The zero-order valence-electron chi connectivity index (χ0n) is 7.28. The summed E-state index contributed by atoms with van der Waals surface area (Å²) in [5.74, 6) is -1.05. The van der Waals surface area contributed by atoms with Crippen LogP contribution in [0.4, 0.5) is 0 Å². The van der Waals surface area contributed by atoms with E-state index >= 15 is 0 Å². The van der Waals surface area contributed by atoms with E-state index in [9.17, 15) is 9.59 Å². The van der Waals surface area contributed by atoms with E-state index in [1.165, 1.54) is 6.92 Å². The summed E-state index contributed by atoms with van der Waals surface area (Å²) in [5.41, 5.74) is 0.872. The molecule has 4 nitrogen and oxygen atoms in total. The van der Waals surface area contributed by atoms with E-state index in [0.29, 0.717) is 6.54 Å². The minimum absolute atomic E-state index is 0.340. The van der Waals surface area contributed by atoms with Crippen LogP contribution in [0.25, 0.3) is 0 Å². The Morgan fingerprint density at radius 1 is 1.54 bits per heavy atom. The highest BCUT2D eigenvalue weighted by molar-refractivity contribution is 6.35. The molecule has 0 saturated heterocycles. The van der Waals surface area contributed by atoms with Crippen LogP contribution in [0, 0.1) is 0 Å². The van der Waals surface area contributed by atoms with Gasteiger partial charge in [-0.05, 0) is 11.6 Å². The van der Waals surface area contributed by atoms with Crippen LogP contribution in [0.2, 0.25) is 0 Å². The van der Waals surface area contributed by atoms with Gasteiger partial charge in [-0.1, -0.05) is 6.07 Å². The molecule has 1 aromatic rings. The molecule has 0 aliphatic rings. The van der Waals surface area contributed by atoms with Crippen LogP contribution < -0.4 is 5.32 Å². The molecule has 4 heteroatoms. The lowest BCUT2D eigenvalue weighted by Gasteiger charge is -2.01. The second-order valence-corrected chi connectivity index (χ2v) is 2.60. The van der Waals surface area contributed by atoms with Gasteiger partial charge in [-0.3, -0.25) is 14.6 Å². The van der Waals surface area contributed by atoms with Crippen molar-refractivity contribution in [2.45, 2.75) is 13.5 Å². The predicted molar refractivity (Wildman–Crippen MR) is 46.8 cm³/mol. The maximum absolute atomic E-state index is 10.8. The number of nitrogens with zero attached hydrogens (tertiary/aromatic N) is 1. The molecule has 1 heterocycles. The molecule has 0 radical (unpaired) electrons. The molecule has 1 amide bonds. The van der Waals surface area contributed by atoms with Gasteiger partial charge in [-0.2, -0.15) is 0 Å². The Labute approximate surface area is 76.0 Å². The first kappa shape index (κ1) is 9.38. The summed E-state index contributed by atoms with van der Waals surface area (Å²) in [4.78, 5) is 25.2. The van der Waals surface area contributed by atoms with Crippen molar-refractivity contribution in [3.63, 3.8) is 0 Å². The molecular formula is C9H10N2O2. The SMILES string of the molecule is CC(=O)C(=O)NCc1cccnc1. The second-order valence-electron chi connectivity index (χ2n) is 2.60. The molecule has 1 N–H and O–H groups in total. The number of Topliss-reactive ketones (excluding diaryl/α,β-unsaturated/α-hetero) is 1. The maximum atomic E-state index is 10.8. The molecule has 0 atom stereocenters. The number of carbonyl (C=O) groups excluding carboxylic acids is 2. The highest BCUT2D eigenvalue weighted by Gasteiger charge is 2.05. The highest BCUT2D eigenvalue weighted by atomic mass is 16.2. The maximum Gasteiger partial charge on any atom is 0.287 e. The number of rotatable bonds is 3. The van der Waals surface area contributed by atoms with Crippen LogP contribution in [0.1, 0.15) is 12.5 Å². The van der Waals surface area contributed by atoms with Crippen molar-refractivity contribution in [3.8, 4) is 0 Å². The summed E-state index contributed by atoms with van der Waals surface area (Å²) in [6, 6.07) is 3.60. The van der Waals surface area contributed by atoms with Gasteiger partial charge in [-0.25, -0.2) is 0 Å². The summed E-state index contributed by atoms with van der Waals surface area (Å²) in [7, 11) is 0. The standard InChI is InChI=1S/C9H10N2O2/c1-7(12)9(13)11-6-8-3-2-4-10-5-8/h2-5H,6H2,1H3,(H,11,13). The fourth-order valence-corrected chi connectivity index (χ4v) is 0.810. The monoisotopic (exact) mass is 178 g/mol. The summed E-state index contributed by atoms with van der Waals surface area (Å²) < 4.78 is 0. The summed E-state index contributed by atoms with van der Waals surface area (Å²) in [6.07, 6.45) is 3.29. The molecule has 0 fully saturated rings. The summed E-state index contributed by atoms with van der Waals surface area (Å²) in [5, 5.41) is 2.47. The Morgan fingerprint density at radius 3 is 2.85 bits per heavy atom. The fourth-order valence-electron chi connectivity index (χ4n) is 0.810. The number of hydrogen-bond acceptors (Lipinski definition) is 3. The highest BCUT2D eigenvalue weighted by Crippen LogP contribution is 1.93. The van der Waals surface area contributed by atoms with Gasteiger partial charge in [0.15, 0.2) is 0 Å². The van der Waals surface area contributed by atoms with Crippen LogP contribution >= 0.6 is 0 Å². The number of amides is 1. The number of hydrogen-bond donors (Lipinski definition) is 1. The first-order valence-corrected chi connectivity index (χ1v) is 3.88. The Bertz CT molecular complexity index is 309. The third-order valence-corrected chi connectivity index (χ3v) is 1.50. The number of pyridine rings is 1. The Morgan fingerprint density at radius 2 is 2.31 bits per heavy atom. The summed E-state index contributed by atoms with van der Waals surface area (Å²) >= 11 is 0. The zero-order valence-corrected chi connectivity index (χ0v) is 7.28. The van der Waals surface area contributed by atoms with Gasteiger partial charge >= 0.3 is 0 Å². The molecule has 0 saturated carbocycles. The van der Waals surface area contributed by atoms with Crippen LogP contribution in [-0.2, 0) is 16.1 Å². The second kappa shape index (κ2) is 4.35. The Kier molecular flexibility index (Phi) is 3.14. The minimum atomic E-state index is -0.566. The molecule has 0 aliphatic heterocycles. The Hall–Kier alpha value is -1.71. The predicted octanol–water partition coefficient (Wildman–Crippen LogP) is 0.287. The average Bonchev–Trinajstić information content (AvgIpc) is 2.15. The molecule has 0 aromatic carbocycles. The van der Waals surface area contributed by atoms with Crippen molar-refractivity contribution in [2.24, 2.45) is 0 Å². The van der Waals surface area contributed by atoms with E-state index in [1.807, 2.05) is 6.07 Å². The Balaban J connectivity index is 2.44. The molecule has 1 aromatic heterocycles. The molecule has 68 valence electrons. The topological polar surface area (TPSA) is 59.1 Å². The van der Waals surface area contributed by atoms with Crippen molar-refractivity contribution in [1.82, 2.24) is 10.3 Å². The van der Waals surface area contributed by atoms with Crippen molar-refractivity contribution in [3.05, 3.63) is 30.1 Å². The van der Waals surface area contributed by atoms with E-state index in [4.69, 9.17) is 0 Å². The van der Waals surface area contributed by atoms with E-state index in [1.54, 1.807) is 18.5 Å². The molecule has 0 spiro atoms. The number of ketones is 1. The molecule has 13 heavy (non-hydrogen) atoms. The average molecular weight is 178 g/mol. The first-order valence-electron chi connectivity index (χ1n) is 3.88. The van der Waals surface area contributed by atoms with E-state index in [2.05, 4.69) is 10.3 Å². The van der Waals surface area contributed by atoms with E-state index in [0.717, 1.165) is 5.56 Å². The van der Waals surface area contributed by atoms with Crippen LogP contribution in [0.15, 0.2) is 24.5 Å². The van der Waals surface area contributed by atoms with Gasteiger partial charge in [0, 0.05) is 25.9 Å². The van der Waals surface area contributed by atoms with Gasteiger partial charge in [-0.15, -0.1) is 0 Å². The quantitative estimate of drug-likeness (QED) is 0.676. The third kappa shape index (κ3) is 3.02. The van der Waals surface area contributed by atoms with Gasteiger partial charge < -0.3 is 5.32 Å². The number of carbonyl (C=O) groups is 2. The van der Waals surface area contributed by atoms with Crippen LogP contribution in [0.3, 0.4) is 0 Å².